The van der Waals surface area contributed by atoms with E-state index in [1.807, 2.05) is 0 Å². The van der Waals surface area contributed by atoms with Gasteiger partial charge in [0.25, 0.3) is 0 Å². The van der Waals surface area contributed by atoms with Crippen molar-refractivity contribution in [3.8, 4) is 0 Å². The fraction of sp³-hybridized carbons (Fsp3) is 0. The Kier molecular flexibility index (Phi) is 3.39. The lowest BCUT2D eigenvalue weighted by molar-refractivity contribution is 0.368. The van der Waals surface area contributed by atoms with Crippen molar-refractivity contribution >= 4 is 34.3 Å². The van der Waals surface area contributed by atoms with E-state index >= 15 is 0 Å². The standard InChI is InChI=1S/C8H6O3S3/c9-14(7-5-12-3-1-10-7)8-6-13-4-2-11-8/h1-6H. The van der Waals surface area contributed by atoms with Gasteiger partial charge in [0.05, 0.1) is 12.5 Å². The first-order chi connectivity index (χ1) is 6.88. The van der Waals surface area contributed by atoms with E-state index in [4.69, 9.17) is 9.47 Å². The first kappa shape index (κ1) is 9.95. The summed E-state index contributed by atoms with van der Waals surface area (Å²) in [6.45, 7) is 0. The molecule has 0 bridgehead atoms. The second-order valence-electron chi connectivity index (χ2n) is 2.19. The monoisotopic (exact) mass is 246 g/mol. The Labute approximate surface area is 92.4 Å². The van der Waals surface area contributed by atoms with E-state index in [0.717, 1.165) is 0 Å². The molecule has 2 heterocycles. The van der Waals surface area contributed by atoms with Crippen LogP contribution in [-0.2, 0) is 20.3 Å². The summed E-state index contributed by atoms with van der Waals surface area (Å²) in [4.78, 5) is 0. The van der Waals surface area contributed by atoms with E-state index in [0.29, 0.717) is 10.2 Å². The van der Waals surface area contributed by atoms with Crippen molar-refractivity contribution in [2.45, 2.75) is 0 Å². The molecule has 0 spiro atoms. The minimum absolute atomic E-state index is 0.402. The van der Waals surface area contributed by atoms with Gasteiger partial charge in [0, 0.05) is 21.6 Å². The molecule has 0 radical (unpaired) electrons. The molecule has 0 atom stereocenters. The fourth-order valence-electron chi connectivity index (χ4n) is 0.773. The van der Waals surface area contributed by atoms with Crippen LogP contribution in [0.3, 0.4) is 0 Å². The zero-order valence-electron chi connectivity index (χ0n) is 6.91. The molecular formula is C8H6O3S3. The number of ether oxygens (including phenoxy) is 2. The largest absolute Gasteiger partial charge is 0.454 e. The molecule has 0 aromatic carbocycles. The quantitative estimate of drug-likeness (QED) is 0.748. The first-order valence-electron chi connectivity index (χ1n) is 3.64. The van der Waals surface area contributed by atoms with Gasteiger partial charge in [-0.25, -0.2) is 4.21 Å². The molecule has 2 rings (SSSR count). The van der Waals surface area contributed by atoms with Gasteiger partial charge in [-0.2, -0.15) is 0 Å². The first-order valence-corrected chi connectivity index (χ1v) is 6.68. The van der Waals surface area contributed by atoms with E-state index in [-0.39, 0.29) is 0 Å². The van der Waals surface area contributed by atoms with E-state index in [9.17, 15) is 4.21 Å². The number of rotatable bonds is 2. The minimum Gasteiger partial charge on any atom is -0.454 e. The van der Waals surface area contributed by atoms with Crippen LogP contribution in [0.5, 0.6) is 0 Å². The SMILES string of the molecule is O=S(C1=CSC=CO1)C1=CSC=CO1. The van der Waals surface area contributed by atoms with Crippen molar-refractivity contribution in [2.24, 2.45) is 0 Å². The summed E-state index contributed by atoms with van der Waals surface area (Å²) in [7, 11) is -1.36. The molecule has 74 valence electrons. The van der Waals surface area contributed by atoms with Crippen molar-refractivity contribution in [2.75, 3.05) is 0 Å². The van der Waals surface area contributed by atoms with Gasteiger partial charge in [-0.15, -0.1) is 0 Å². The van der Waals surface area contributed by atoms with Gasteiger partial charge in [-0.1, -0.05) is 23.5 Å². The number of thioether (sulfide) groups is 2. The van der Waals surface area contributed by atoms with Crippen LogP contribution in [0.4, 0.5) is 0 Å². The average molecular weight is 246 g/mol. The highest BCUT2D eigenvalue weighted by Gasteiger charge is 2.17. The summed E-state index contributed by atoms with van der Waals surface area (Å²) in [6, 6.07) is 0. The lowest BCUT2D eigenvalue weighted by Crippen LogP contribution is -2.03. The topological polar surface area (TPSA) is 35.5 Å². The molecule has 3 nitrogen and oxygen atoms in total. The van der Waals surface area contributed by atoms with Crippen LogP contribution in [0.2, 0.25) is 0 Å². The zero-order chi connectivity index (χ0) is 9.80. The molecular weight excluding hydrogens is 240 g/mol. The van der Waals surface area contributed by atoms with Gasteiger partial charge in [-0.05, 0) is 0 Å². The van der Waals surface area contributed by atoms with Crippen LogP contribution < -0.4 is 0 Å². The summed E-state index contributed by atoms with van der Waals surface area (Å²) >= 11 is 2.85. The van der Waals surface area contributed by atoms with Gasteiger partial charge in [0.1, 0.15) is 0 Å². The molecule has 2 aliphatic heterocycles. The maximum absolute atomic E-state index is 11.8. The van der Waals surface area contributed by atoms with E-state index < -0.39 is 10.8 Å². The van der Waals surface area contributed by atoms with Crippen LogP contribution in [0.1, 0.15) is 0 Å². The highest BCUT2D eigenvalue weighted by atomic mass is 32.2. The predicted molar refractivity (Wildman–Crippen MR) is 59.9 cm³/mol. The van der Waals surface area contributed by atoms with Crippen LogP contribution >= 0.6 is 23.5 Å². The van der Waals surface area contributed by atoms with Gasteiger partial charge in [0.15, 0.2) is 10.8 Å². The van der Waals surface area contributed by atoms with Crippen LogP contribution in [0.15, 0.2) is 44.3 Å². The number of hydrogen-bond acceptors (Lipinski definition) is 5. The van der Waals surface area contributed by atoms with Crippen molar-refractivity contribution in [1.29, 1.82) is 0 Å². The van der Waals surface area contributed by atoms with Gasteiger partial charge < -0.3 is 9.47 Å². The maximum Gasteiger partial charge on any atom is 0.204 e. The third kappa shape index (κ3) is 2.26. The molecule has 2 aliphatic rings. The lowest BCUT2D eigenvalue weighted by Gasteiger charge is -2.11. The third-order valence-electron chi connectivity index (χ3n) is 1.33. The summed E-state index contributed by atoms with van der Waals surface area (Å²) in [5, 5.41) is 7.74. The van der Waals surface area contributed by atoms with Crippen LogP contribution in [-0.4, -0.2) is 4.21 Å². The summed E-state index contributed by atoms with van der Waals surface area (Å²) in [5.41, 5.74) is 0. The third-order valence-corrected chi connectivity index (χ3v) is 4.02. The molecule has 0 unspecified atom stereocenters. The lowest BCUT2D eigenvalue weighted by atomic mass is 11.0. The summed E-state index contributed by atoms with van der Waals surface area (Å²) in [5.74, 6) is 0. The Morgan fingerprint density at radius 2 is 1.50 bits per heavy atom. The summed E-state index contributed by atoms with van der Waals surface area (Å²) in [6.07, 6.45) is 3.01. The molecule has 0 fully saturated rings. The Balaban J connectivity index is 2.08. The highest BCUT2D eigenvalue weighted by Crippen LogP contribution is 2.26. The van der Waals surface area contributed by atoms with Gasteiger partial charge >= 0.3 is 0 Å². The molecule has 0 amide bonds. The van der Waals surface area contributed by atoms with Crippen LogP contribution in [0, 0.1) is 0 Å². The molecule has 0 aromatic rings. The van der Waals surface area contributed by atoms with Crippen molar-refractivity contribution in [3.05, 3.63) is 44.3 Å². The van der Waals surface area contributed by atoms with E-state index in [2.05, 4.69) is 0 Å². The zero-order valence-corrected chi connectivity index (χ0v) is 9.36. The molecule has 0 saturated heterocycles. The Morgan fingerprint density at radius 3 is 1.86 bits per heavy atom. The van der Waals surface area contributed by atoms with Gasteiger partial charge in [-0.3, -0.25) is 0 Å². The fourth-order valence-corrected chi connectivity index (χ4v) is 3.02. The summed E-state index contributed by atoms with van der Waals surface area (Å²) < 4.78 is 22.0. The smallest absolute Gasteiger partial charge is 0.204 e. The second-order valence-corrected chi connectivity index (χ2v) is 5.10. The van der Waals surface area contributed by atoms with Crippen LogP contribution in [0.25, 0.3) is 0 Å². The Hall–Kier alpha value is -0.590. The minimum atomic E-state index is -1.36. The molecule has 0 N–H and O–H groups in total. The molecule has 6 heteroatoms. The van der Waals surface area contributed by atoms with Crippen molar-refractivity contribution in [1.82, 2.24) is 0 Å². The predicted octanol–water partition coefficient (Wildman–Crippen LogP) is 2.80. The normalized spacial score (nSPS) is 19.8. The van der Waals surface area contributed by atoms with E-state index in [1.165, 1.54) is 36.0 Å². The average Bonchev–Trinajstić information content (AvgIpc) is 2.30. The Bertz CT molecular complexity index is 334. The second kappa shape index (κ2) is 4.77. The van der Waals surface area contributed by atoms with Crippen molar-refractivity contribution in [3.63, 3.8) is 0 Å². The molecule has 0 aromatic heterocycles. The van der Waals surface area contributed by atoms with Gasteiger partial charge in [0.2, 0.25) is 10.2 Å². The Morgan fingerprint density at radius 1 is 1.00 bits per heavy atom. The maximum atomic E-state index is 11.8. The van der Waals surface area contributed by atoms with Crippen molar-refractivity contribution < 1.29 is 13.7 Å². The highest BCUT2D eigenvalue weighted by molar-refractivity contribution is 8.06. The molecule has 14 heavy (non-hydrogen) atoms. The number of hydrogen-bond donors (Lipinski definition) is 0. The van der Waals surface area contributed by atoms with E-state index in [1.54, 1.807) is 21.6 Å². The molecule has 0 aliphatic carbocycles. The molecule has 0 saturated carbocycles.